The summed E-state index contributed by atoms with van der Waals surface area (Å²) in [6.45, 7) is 2.08. The molecular formula is C17H15ClN2O2S2. The number of rotatable bonds is 5. The Morgan fingerprint density at radius 1 is 1.12 bits per heavy atom. The van der Waals surface area contributed by atoms with Gasteiger partial charge in [-0.05, 0) is 25.1 Å². The van der Waals surface area contributed by atoms with Gasteiger partial charge in [0.2, 0.25) is 10.0 Å². The van der Waals surface area contributed by atoms with Crippen molar-refractivity contribution < 1.29 is 8.42 Å². The highest BCUT2D eigenvalue weighted by Gasteiger charge is 2.16. The van der Waals surface area contributed by atoms with Gasteiger partial charge < -0.3 is 0 Å². The predicted octanol–water partition coefficient (Wildman–Crippen LogP) is 4.25. The summed E-state index contributed by atoms with van der Waals surface area (Å²) in [5.41, 5.74) is 1.85. The molecule has 0 saturated heterocycles. The van der Waals surface area contributed by atoms with Crippen molar-refractivity contribution in [3.63, 3.8) is 0 Å². The fourth-order valence-corrected chi connectivity index (χ4v) is 4.57. The average Bonchev–Trinajstić information content (AvgIpc) is 2.95. The molecule has 1 N–H and O–H groups in total. The first-order chi connectivity index (χ1) is 11.5. The third kappa shape index (κ3) is 3.84. The van der Waals surface area contributed by atoms with Crippen molar-refractivity contribution in [2.75, 3.05) is 0 Å². The number of hydrogen-bond acceptors (Lipinski definition) is 4. The minimum absolute atomic E-state index is 0.153. The Kier molecular flexibility index (Phi) is 5.01. The molecule has 2 aromatic carbocycles. The number of aryl methyl sites for hydroxylation is 1. The molecule has 0 saturated carbocycles. The molecule has 0 aliphatic carbocycles. The summed E-state index contributed by atoms with van der Waals surface area (Å²) in [7, 11) is -3.61. The van der Waals surface area contributed by atoms with Crippen molar-refractivity contribution in [2.45, 2.75) is 18.4 Å². The summed E-state index contributed by atoms with van der Waals surface area (Å²) in [6.07, 6.45) is 0. The highest BCUT2D eigenvalue weighted by Crippen LogP contribution is 2.28. The van der Waals surface area contributed by atoms with Gasteiger partial charge >= 0.3 is 0 Å². The molecule has 3 aromatic rings. The SMILES string of the molecule is Cc1nc(-c2ccccc2)sc1CNS(=O)(=O)c1cccc(Cl)c1. The van der Waals surface area contributed by atoms with E-state index in [4.69, 9.17) is 11.6 Å². The molecule has 0 unspecified atom stereocenters. The van der Waals surface area contributed by atoms with Gasteiger partial charge in [0, 0.05) is 22.0 Å². The lowest BCUT2D eigenvalue weighted by atomic mass is 10.2. The molecule has 7 heteroatoms. The van der Waals surface area contributed by atoms with Gasteiger partial charge in [-0.3, -0.25) is 0 Å². The first-order valence-corrected chi connectivity index (χ1v) is 9.90. The van der Waals surface area contributed by atoms with Gasteiger partial charge in [-0.15, -0.1) is 11.3 Å². The van der Waals surface area contributed by atoms with Crippen molar-refractivity contribution in [3.05, 3.63) is 70.2 Å². The van der Waals surface area contributed by atoms with Crippen molar-refractivity contribution in [1.82, 2.24) is 9.71 Å². The van der Waals surface area contributed by atoms with Crippen LogP contribution in [0.15, 0.2) is 59.5 Å². The molecule has 1 aromatic heterocycles. The number of sulfonamides is 1. The molecule has 0 radical (unpaired) electrons. The third-order valence-electron chi connectivity index (χ3n) is 3.44. The number of nitrogens with one attached hydrogen (secondary N) is 1. The minimum atomic E-state index is -3.61. The molecule has 24 heavy (non-hydrogen) atoms. The van der Waals surface area contributed by atoms with Crippen molar-refractivity contribution >= 4 is 33.0 Å². The Bertz CT molecular complexity index is 954. The van der Waals surface area contributed by atoms with E-state index in [1.807, 2.05) is 37.3 Å². The Hall–Kier alpha value is -1.73. The first kappa shape index (κ1) is 17.1. The van der Waals surface area contributed by atoms with Crippen LogP contribution >= 0.6 is 22.9 Å². The van der Waals surface area contributed by atoms with Gasteiger partial charge in [0.05, 0.1) is 10.6 Å². The van der Waals surface area contributed by atoms with E-state index < -0.39 is 10.0 Å². The van der Waals surface area contributed by atoms with Crippen LogP contribution in [-0.2, 0) is 16.6 Å². The van der Waals surface area contributed by atoms with Crippen molar-refractivity contribution in [1.29, 1.82) is 0 Å². The lowest BCUT2D eigenvalue weighted by Crippen LogP contribution is -2.23. The standard InChI is InChI=1S/C17H15ClN2O2S2/c1-12-16(23-17(20-12)13-6-3-2-4-7-13)11-19-24(21,22)15-9-5-8-14(18)10-15/h2-10,19H,11H2,1H3. The number of benzene rings is 2. The van der Waals surface area contributed by atoms with E-state index in [1.54, 1.807) is 12.1 Å². The quantitative estimate of drug-likeness (QED) is 0.722. The zero-order valence-electron chi connectivity index (χ0n) is 12.9. The minimum Gasteiger partial charge on any atom is -0.241 e. The summed E-state index contributed by atoms with van der Waals surface area (Å²) in [5.74, 6) is 0. The normalized spacial score (nSPS) is 11.6. The Balaban J connectivity index is 1.79. The molecule has 0 amide bonds. The highest BCUT2D eigenvalue weighted by atomic mass is 35.5. The highest BCUT2D eigenvalue weighted by molar-refractivity contribution is 7.89. The van der Waals surface area contributed by atoms with E-state index in [9.17, 15) is 8.42 Å². The van der Waals surface area contributed by atoms with Crippen molar-refractivity contribution in [2.24, 2.45) is 0 Å². The zero-order valence-corrected chi connectivity index (χ0v) is 15.3. The van der Waals surface area contributed by atoms with Gasteiger partial charge in [-0.1, -0.05) is 48.0 Å². The van der Waals surface area contributed by atoms with Gasteiger partial charge in [0.15, 0.2) is 0 Å². The molecule has 0 atom stereocenters. The Labute approximate surface area is 150 Å². The largest absolute Gasteiger partial charge is 0.241 e. The van der Waals surface area contributed by atoms with Gasteiger partial charge in [-0.2, -0.15) is 0 Å². The molecule has 0 aliphatic heterocycles. The van der Waals surface area contributed by atoms with Crippen molar-refractivity contribution in [3.8, 4) is 10.6 Å². The van der Waals surface area contributed by atoms with Crippen LogP contribution < -0.4 is 4.72 Å². The second kappa shape index (κ2) is 7.03. The number of halogens is 1. The molecule has 3 rings (SSSR count). The second-order valence-electron chi connectivity index (χ2n) is 5.18. The van der Waals surface area contributed by atoms with Crippen LogP contribution in [0, 0.1) is 6.92 Å². The molecule has 124 valence electrons. The Morgan fingerprint density at radius 2 is 1.88 bits per heavy atom. The van der Waals surface area contributed by atoms with Crippen LogP contribution in [0.1, 0.15) is 10.6 Å². The van der Waals surface area contributed by atoms with Crippen LogP contribution in [0.4, 0.5) is 0 Å². The molecular weight excluding hydrogens is 364 g/mol. The number of thiazole rings is 1. The summed E-state index contributed by atoms with van der Waals surface area (Å²) in [4.78, 5) is 5.57. The van der Waals surface area contributed by atoms with E-state index in [-0.39, 0.29) is 11.4 Å². The summed E-state index contributed by atoms with van der Waals surface area (Å²) < 4.78 is 27.3. The lowest BCUT2D eigenvalue weighted by Gasteiger charge is -2.06. The summed E-state index contributed by atoms with van der Waals surface area (Å²) in [5, 5.41) is 1.27. The van der Waals surface area contributed by atoms with E-state index in [2.05, 4.69) is 9.71 Å². The smallest absolute Gasteiger partial charge is 0.240 e. The van der Waals surface area contributed by atoms with Crippen LogP contribution in [0.25, 0.3) is 10.6 Å². The predicted molar refractivity (Wildman–Crippen MR) is 97.8 cm³/mol. The molecule has 4 nitrogen and oxygen atoms in total. The molecule has 1 heterocycles. The van der Waals surface area contributed by atoms with Gasteiger partial charge in [0.25, 0.3) is 0 Å². The molecule has 0 fully saturated rings. The monoisotopic (exact) mass is 378 g/mol. The summed E-state index contributed by atoms with van der Waals surface area (Å²) >= 11 is 7.35. The zero-order chi connectivity index (χ0) is 17.2. The van der Waals surface area contributed by atoms with E-state index in [0.717, 1.165) is 21.1 Å². The number of hydrogen-bond donors (Lipinski definition) is 1. The van der Waals surface area contributed by atoms with Crippen LogP contribution in [0.5, 0.6) is 0 Å². The topological polar surface area (TPSA) is 59.1 Å². The lowest BCUT2D eigenvalue weighted by molar-refractivity contribution is 0.581. The first-order valence-electron chi connectivity index (χ1n) is 7.23. The van der Waals surface area contributed by atoms with E-state index in [1.165, 1.54) is 23.5 Å². The van der Waals surface area contributed by atoms with Crippen LogP contribution in [0.3, 0.4) is 0 Å². The summed E-state index contributed by atoms with van der Waals surface area (Å²) in [6, 6.07) is 16.0. The maximum Gasteiger partial charge on any atom is 0.240 e. The van der Waals surface area contributed by atoms with Crippen LogP contribution in [-0.4, -0.2) is 13.4 Å². The van der Waals surface area contributed by atoms with E-state index in [0.29, 0.717) is 5.02 Å². The Morgan fingerprint density at radius 3 is 2.58 bits per heavy atom. The average molecular weight is 379 g/mol. The molecule has 0 aliphatic rings. The number of aromatic nitrogens is 1. The maximum atomic E-state index is 12.4. The van der Waals surface area contributed by atoms with Gasteiger partial charge in [0.1, 0.15) is 5.01 Å². The van der Waals surface area contributed by atoms with Gasteiger partial charge in [-0.25, -0.2) is 18.1 Å². The number of nitrogens with zero attached hydrogens (tertiary/aromatic N) is 1. The fraction of sp³-hybridized carbons (Fsp3) is 0.118. The maximum absolute atomic E-state index is 12.4. The molecule has 0 bridgehead atoms. The second-order valence-corrected chi connectivity index (χ2v) is 8.46. The van der Waals surface area contributed by atoms with E-state index >= 15 is 0 Å². The molecule has 0 spiro atoms. The van der Waals surface area contributed by atoms with Crippen LogP contribution in [0.2, 0.25) is 5.02 Å². The fourth-order valence-electron chi connectivity index (χ4n) is 2.17. The third-order valence-corrected chi connectivity index (χ3v) is 6.28.